The van der Waals surface area contributed by atoms with Crippen molar-refractivity contribution in [2.75, 3.05) is 6.54 Å². The molecule has 0 aromatic heterocycles. The van der Waals surface area contributed by atoms with Crippen LogP contribution in [0.5, 0.6) is 0 Å². The molecule has 0 aliphatic heterocycles. The number of hydrogen-bond acceptors (Lipinski definition) is 2. The van der Waals surface area contributed by atoms with Crippen LogP contribution in [0.3, 0.4) is 0 Å². The molecule has 3 nitrogen and oxygen atoms in total. The van der Waals surface area contributed by atoms with Gasteiger partial charge in [-0.15, -0.1) is 0 Å². The fourth-order valence-electron chi connectivity index (χ4n) is 2.19. The summed E-state index contributed by atoms with van der Waals surface area (Å²) in [5.41, 5.74) is 5.85. The van der Waals surface area contributed by atoms with Gasteiger partial charge in [0.15, 0.2) is 0 Å². The Morgan fingerprint density at radius 3 is 2.83 bits per heavy atom. The van der Waals surface area contributed by atoms with Crippen LogP contribution < -0.4 is 5.73 Å². The summed E-state index contributed by atoms with van der Waals surface area (Å²) in [5.74, 6) is -0.635. The van der Waals surface area contributed by atoms with E-state index in [2.05, 4.69) is 15.9 Å². The number of nitrogens with zero attached hydrogens (tertiary/aromatic N) is 1. The first-order valence-corrected chi connectivity index (χ1v) is 6.78. The maximum atomic E-state index is 14.0. The van der Waals surface area contributed by atoms with Crippen molar-refractivity contribution in [1.82, 2.24) is 4.90 Å². The number of rotatable bonds is 5. The lowest BCUT2D eigenvalue weighted by atomic mass is 10.1. The van der Waals surface area contributed by atoms with Crippen LogP contribution in [-0.4, -0.2) is 23.4 Å². The van der Waals surface area contributed by atoms with E-state index in [9.17, 15) is 9.18 Å². The second-order valence-electron chi connectivity index (χ2n) is 4.69. The number of benzene rings is 1. The monoisotopic (exact) mass is 314 g/mol. The fourth-order valence-corrected chi connectivity index (χ4v) is 2.57. The van der Waals surface area contributed by atoms with Gasteiger partial charge in [-0.1, -0.05) is 12.1 Å². The molecule has 1 unspecified atom stereocenters. The first-order valence-electron chi connectivity index (χ1n) is 5.98. The molecule has 0 spiro atoms. The van der Waals surface area contributed by atoms with Crippen LogP contribution in [-0.2, 0) is 4.79 Å². The molecule has 1 saturated carbocycles. The summed E-state index contributed by atoms with van der Waals surface area (Å²) < 4.78 is 14.5. The molecule has 2 rings (SSSR count). The van der Waals surface area contributed by atoms with Gasteiger partial charge in [-0.25, -0.2) is 4.39 Å². The van der Waals surface area contributed by atoms with Crippen LogP contribution in [0.4, 0.5) is 4.39 Å². The van der Waals surface area contributed by atoms with Gasteiger partial charge in [0.05, 0.1) is 11.0 Å². The molecule has 0 radical (unpaired) electrons. The van der Waals surface area contributed by atoms with Crippen LogP contribution in [0, 0.1) is 5.82 Å². The number of primary amides is 1. The van der Waals surface area contributed by atoms with E-state index < -0.39 is 0 Å². The Balaban J connectivity index is 2.24. The van der Waals surface area contributed by atoms with Crippen molar-refractivity contribution >= 4 is 21.8 Å². The first kappa shape index (κ1) is 13.5. The molecule has 2 N–H and O–H groups in total. The molecule has 1 amide bonds. The summed E-state index contributed by atoms with van der Waals surface area (Å²) in [7, 11) is 0. The van der Waals surface area contributed by atoms with Crippen molar-refractivity contribution in [1.29, 1.82) is 0 Å². The topological polar surface area (TPSA) is 46.3 Å². The van der Waals surface area contributed by atoms with Crippen LogP contribution >= 0.6 is 15.9 Å². The highest BCUT2D eigenvalue weighted by Crippen LogP contribution is 2.35. The molecule has 0 heterocycles. The third-order valence-corrected chi connectivity index (χ3v) is 3.90. The normalized spacial score (nSPS) is 16.9. The molecule has 0 bridgehead atoms. The minimum Gasteiger partial charge on any atom is -0.369 e. The van der Waals surface area contributed by atoms with Gasteiger partial charge in [0, 0.05) is 17.6 Å². The maximum Gasteiger partial charge on any atom is 0.231 e. The van der Waals surface area contributed by atoms with Gasteiger partial charge < -0.3 is 5.73 Å². The third kappa shape index (κ3) is 2.90. The second-order valence-corrected chi connectivity index (χ2v) is 5.54. The second kappa shape index (κ2) is 5.36. The maximum absolute atomic E-state index is 14.0. The molecule has 0 saturated heterocycles. The van der Waals surface area contributed by atoms with E-state index in [1.807, 2.05) is 11.8 Å². The Hall–Kier alpha value is -0.940. The molecular formula is C13H16BrFN2O. The van der Waals surface area contributed by atoms with Crippen LogP contribution in [0.1, 0.15) is 31.4 Å². The van der Waals surface area contributed by atoms with E-state index in [1.165, 1.54) is 0 Å². The SMILES string of the molecule is CC(c1cccc(Br)c1F)N(CC(N)=O)C1CC1. The number of carbonyl (C=O) groups excluding carboxylic acids is 1. The predicted octanol–water partition coefficient (Wildman–Crippen LogP) is 2.60. The average Bonchev–Trinajstić information content (AvgIpc) is 3.12. The zero-order chi connectivity index (χ0) is 13.3. The summed E-state index contributed by atoms with van der Waals surface area (Å²) >= 11 is 3.18. The lowest BCUT2D eigenvalue weighted by molar-refractivity contribution is -0.119. The van der Waals surface area contributed by atoms with Crippen molar-refractivity contribution < 1.29 is 9.18 Å². The minimum absolute atomic E-state index is 0.150. The molecule has 1 aliphatic rings. The van der Waals surface area contributed by atoms with Gasteiger partial charge in [-0.05, 0) is 41.8 Å². The molecule has 98 valence electrons. The van der Waals surface area contributed by atoms with Gasteiger partial charge in [0.2, 0.25) is 5.91 Å². The van der Waals surface area contributed by atoms with E-state index in [4.69, 9.17) is 5.73 Å². The molecule has 1 aliphatic carbocycles. The standard InChI is InChI=1S/C13H16BrFN2O/c1-8(10-3-2-4-11(14)13(10)15)17(7-12(16)18)9-5-6-9/h2-4,8-9H,5-7H2,1H3,(H2,16,18). The first-order chi connectivity index (χ1) is 8.50. The minimum atomic E-state index is -0.371. The van der Waals surface area contributed by atoms with Crippen molar-refractivity contribution in [3.8, 4) is 0 Å². The van der Waals surface area contributed by atoms with Crippen LogP contribution in [0.15, 0.2) is 22.7 Å². The summed E-state index contributed by atoms with van der Waals surface area (Å²) in [5, 5.41) is 0. The molecule has 1 aromatic carbocycles. The molecule has 18 heavy (non-hydrogen) atoms. The molecular weight excluding hydrogens is 299 g/mol. The number of amides is 1. The third-order valence-electron chi connectivity index (χ3n) is 3.28. The van der Waals surface area contributed by atoms with E-state index in [0.717, 1.165) is 12.8 Å². The van der Waals surface area contributed by atoms with Gasteiger partial charge in [0.25, 0.3) is 0 Å². The predicted molar refractivity (Wildman–Crippen MR) is 71.4 cm³/mol. The Morgan fingerprint density at radius 2 is 2.28 bits per heavy atom. The Morgan fingerprint density at radius 1 is 1.61 bits per heavy atom. The van der Waals surface area contributed by atoms with Crippen molar-refractivity contribution in [3.63, 3.8) is 0 Å². The van der Waals surface area contributed by atoms with Crippen LogP contribution in [0.25, 0.3) is 0 Å². The van der Waals surface area contributed by atoms with E-state index in [1.54, 1.807) is 18.2 Å². The highest BCUT2D eigenvalue weighted by atomic mass is 79.9. The fraction of sp³-hybridized carbons (Fsp3) is 0.462. The highest BCUT2D eigenvalue weighted by Gasteiger charge is 2.34. The van der Waals surface area contributed by atoms with E-state index in [0.29, 0.717) is 16.1 Å². The smallest absolute Gasteiger partial charge is 0.231 e. The van der Waals surface area contributed by atoms with Gasteiger partial charge in [0.1, 0.15) is 5.82 Å². The quantitative estimate of drug-likeness (QED) is 0.908. The number of carbonyl (C=O) groups is 1. The van der Waals surface area contributed by atoms with Gasteiger partial charge in [-0.3, -0.25) is 9.69 Å². The zero-order valence-corrected chi connectivity index (χ0v) is 11.8. The Kier molecular flexibility index (Phi) is 4.02. The number of nitrogens with two attached hydrogens (primary N) is 1. The van der Waals surface area contributed by atoms with Gasteiger partial charge in [-0.2, -0.15) is 0 Å². The van der Waals surface area contributed by atoms with Crippen LogP contribution in [0.2, 0.25) is 0 Å². The Labute approximate surface area is 114 Å². The summed E-state index contributed by atoms with van der Waals surface area (Å²) in [4.78, 5) is 13.1. The van der Waals surface area contributed by atoms with Crippen molar-refractivity contribution in [2.24, 2.45) is 5.73 Å². The van der Waals surface area contributed by atoms with E-state index >= 15 is 0 Å². The average molecular weight is 315 g/mol. The lowest BCUT2D eigenvalue weighted by Gasteiger charge is -2.28. The summed E-state index contributed by atoms with van der Waals surface area (Å²) in [6.07, 6.45) is 2.10. The number of halogens is 2. The molecule has 1 fully saturated rings. The molecule has 1 atom stereocenters. The van der Waals surface area contributed by atoms with Crippen molar-refractivity contribution in [3.05, 3.63) is 34.1 Å². The summed E-state index contributed by atoms with van der Waals surface area (Å²) in [6, 6.07) is 5.42. The zero-order valence-electron chi connectivity index (χ0n) is 10.2. The largest absolute Gasteiger partial charge is 0.369 e. The van der Waals surface area contributed by atoms with Gasteiger partial charge >= 0.3 is 0 Å². The van der Waals surface area contributed by atoms with Crippen molar-refractivity contribution in [2.45, 2.75) is 31.8 Å². The number of hydrogen-bond donors (Lipinski definition) is 1. The molecule has 1 aromatic rings. The van der Waals surface area contributed by atoms with E-state index in [-0.39, 0.29) is 24.3 Å². The lowest BCUT2D eigenvalue weighted by Crippen LogP contribution is -2.37. The summed E-state index contributed by atoms with van der Waals surface area (Å²) in [6.45, 7) is 2.09. The molecule has 5 heteroatoms. The highest BCUT2D eigenvalue weighted by molar-refractivity contribution is 9.10. The Bertz CT molecular complexity index is 462.